The maximum absolute atomic E-state index is 12.0. The van der Waals surface area contributed by atoms with E-state index in [1.54, 1.807) is 12.1 Å². The number of carbonyl (C=O) groups is 1. The zero-order valence-corrected chi connectivity index (χ0v) is 10.1. The van der Waals surface area contributed by atoms with Crippen LogP contribution in [0.3, 0.4) is 0 Å². The predicted octanol–water partition coefficient (Wildman–Crippen LogP) is 2.17. The van der Waals surface area contributed by atoms with Crippen molar-refractivity contribution in [2.24, 2.45) is 0 Å². The van der Waals surface area contributed by atoms with E-state index in [1.165, 1.54) is 0 Å². The van der Waals surface area contributed by atoms with Gasteiger partial charge in [-0.2, -0.15) is 0 Å². The standard InChI is InChI=1S/C14H16O4/c15-13(9-14-16-6-7-17-14)10-2-1-3-12(8-10)18-11-4-5-11/h1-3,8,11,14H,4-7,9H2. The quantitative estimate of drug-likeness (QED) is 0.749. The summed E-state index contributed by atoms with van der Waals surface area (Å²) in [5.74, 6) is 0.805. The van der Waals surface area contributed by atoms with Crippen LogP contribution >= 0.6 is 0 Å². The molecule has 0 radical (unpaired) electrons. The minimum Gasteiger partial charge on any atom is -0.490 e. The molecule has 0 aromatic heterocycles. The van der Waals surface area contributed by atoms with Crippen LogP contribution in [0.15, 0.2) is 24.3 Å². The zero-order chi connectivity index (χ0) is 12.4. The maximum Gasteiger partial charge on any atom is 0.168 e. The van der Waals surface area contributed by atoms with E-state index < -0.39 is 0 Å². The number of ether oxygens (including phenoxy) is 3. The van der Waals surface area contributed by atoms with Crippen LogP contribution in [-0.2, 0) is 9.47 Å². The van der Waals surface area contributed by atoms with Crippen molar-refractivity contribution in [1.29, 1.82) is 0 Å². The third-order valence-corrected chi connectivity index (χ3v) is 3.03. The van der Waals surface area contributed by atoms with Gasteiger partial charge in [-0.25, -0.2) is 0 Å². The van der Waals surface area contributed by atoms with Gasteiger partial charge in [-0.1, -0.05) is 12.1 Å². The van der Waals surface area contributed by atoms with Gasteiger partial charge in [0, 0.05) is 5.56 Å². The second-order valence-electron chi connectivity index (χ2n) is 4.64. The highest BCUT2D eigenvalue weighted by atomic mass is 16.7. The molecule has 1 heterocycles. The molecule has 0 spiro atoms. The Kier molecular flexibility index (Phi) is 3.30. The Morgan fingerprint density at radius 3 is 2.78 bits per heavy atom. The van der Waals surface area contributed by atoms with Crippen LogP contribution in [0.4, 0.5) is 0 Å². The van der Waals surface area contributed by atoms with Gasteiger partial charge >= 0.3 is 0 Å². The molecule has 18 heavy (non-hydrogen) atoms. The third-order valence-electron chi connectivity index (χ3n) is 3.03. The molecule has 1 aliphatic heterocycles. The molecule has 3 rings (SSSR count). The first-order valence-electron chi connectivity index (χ1n) is 6.34. The third kappa shape index (κ3) is 2.89. The van der Waals surface area contributed by atoms with E-state index in [0.29, 0.717) is 24.9 Å². The molecule has 2 fully saturated rings. The fourth-order valence-corrected chi connectivity index (χ4v) is 1.92. The van der Waals surface area contributed by atoms with Crippen molar-refractivity contribution in [3.05, 3.63) is 29.8 Å². The molecule has 1 saturated carbocycles. The monoisotopic (exact) mass is 248 g/mol. The van der Waals surface area contributed by atoms with E-state index in [9.17, 15) is 4.79 Å². The van der Waals surface area contributed by atoms with Gasteiger partial charge < -0.3 is 14.2 Å². The van der Waals surface area contributed by atoms with E-state index in [1.807, 2.05) is 12.1 Å². The second kappa shape index (κ2) is 5.08. The summed E-state index contributed by atoms with van der Waals surface area (Å²) < 4.78 is 16.2. The van der Waals surface area contributed by atoms with Crippen LogP contribution in [0.5, 0.6) is 5.75 Å². The van der Waals surface area contributed by atoms with E-state index in [-0.39, 0.29) is 18.5 Å². The van der Waals surface area contributed by atoms with Crippen LogP contribution in [0, 0.1) is 0 Å². The Balaban J connectivity index is 1.64. The van der Waals surface area contributed by atoms with Crippen molar-refractivity contribution < 1.29 is 19.0 Å². The van der Waals surface area contributed by atoms with E-state index in [0.717, 1.165) is 18.6 Å². The number of rotatable bonds is 5. The molecule has 1 aliphatic carbocycles. The lowest BCUT2D eigenvalue weighted by atomic mass is 10.1. The highest BCUT2D eigenvalue weighted by molar-refractivity contribution is 5.96. The summed E-state index contributed by atoms with van der Waals surface area (Å²) >= 11 is 0. The van der Waals surface area contributed by atoms with Crippen molar-refractivity contribution in [1.82, 2.24) is 0 Å². The van der Waals surface area contributed by atoms with Crippen molar-refractivity contribution >= 4 is 5.78 Å². The van der Waals surface area contributed by atoms with Crippen LogP contribution in [0.1, 0.15) is 29.6 Å². The lowest BCUT2D eigenvalue weighted by Gasteiger charge is -2.09. The van der Waals surface area contributed by atoms with Crippen molar-refractivity contribution in [3.63, 3.8) is 0 Å². The first-order chi connectivity index (χ1) is 8.81. The average molecular weight is 248 g/mol. The molecule has 4 heteroatoms. The smallest absolute Gasteiger partial charge is 0.168 e. The van der Waals surface area contributed by atoms with Gasteiger partial charge in [0.25, 0.3) is 0 Å². The Hall–Kier alpha value is -1.39. The van der Waals surface area contributed by atoms with E-state index >= 15 is 0 Å². The van der Waals surface area contributed by atoms with Crippen LogP contribution < -0.4 is 4.74 Å². The maximum atomic E-state index is 12.0. The lowest BCUT2D eigenvalue weighted by molar-refractivity contribution is -0.0407. The fourth-order valence-electron chi connectivity index (χ4n) is 1.92. The molecule has 1 aromatic carbocycles. The molecule has 0 N–H and O–H groups in total. The zero-order valence-electron chi connectivity index (χ0n) is 10.1. The Morgan fingerprint density at radius 2 is 2.06 bits per heavy atom. The molecule has 96 valence electrons. The number of benzene rings is 1. The summed E-state index contributed by atoms with van der Waals surface area (Å²) in [6.45, 7) is 1.14. The van der Waals surface area contributed by atoms with E-state index in [2.05, 4.69) is 0 Å². The Bertz CT molecular complexity index is 433. The van der Waals surface area contributed by atoms with E-state index in [4.69, 9.17) is 14.2 Å². The van der Waals surface area contributed by atoms with Gasteiger partial charge in [0.05, 0.1) is 25.7 Å². The van der Waals surface area contributed by atoms with Crippen molar-refractivity contribution in [2.75, 3.05) is 13.2 Å². The average Bonchev–Trinajstić information content (AvgIpc) is 3.04. The molecule has 2 aliphatic rings. The van der Waals surface area contributed by atoms with Crippen LogP contribution in [0.25, 0.3) is 0 Å². The van der Waals surface area contributed by atoms with Crippen LogP contribution in [0.2, 0.25) is 0 Å². The Morgan fingerprint density at radius 1 is 1.28 bits per heavy atom. The second-order valence-corrected chi connectivity index (χ2v) is 4.64. The lowest BCUT2D eigenvalue weighted by Crippen LogP contribution is -2.14. The predicted molar refractivity (Wildman–Crippen MR) is 64.7 cm³/mol. The van der Waals surface area contributed by atoms with Crippen molar-refractivity contribution in [3.8, 4) is 5.75 Å². The van der Waals surface area contributed by atoms with Gasteiger partial charge in [0.2, 0.25) is 0 Å². The molecule has 0 atom stereocenters. The van der Waals surface area contributed by atoms with Gasteiger partial charge in [0.1, 0.15) is 5.75 Å². The summed E-state index contributed by atoms with van der Waals surface area (Å²) in [7, 11) is 0. The number of ketones is 1. The SMILES string of the molecule is O=C(CC1OCCO1)c1cccc(OC2CC2)c1. The number of hydrogen-bond acceptors (Lipinski definition) is 4. The highest BCUT2D eigenvalue weighted by Crippen LogP contribution is 2.27. The Labute approximate surface area is 106 Å². The summed E-state index contributed by atoms with van der Waals surface area (Å²) in [6.07, 6.45) is 2.46. The number of hydrogen-bond donors (Lipinski definition) is 0. The normalized spacial score (nSPS) is 20.0. The number of carbonyl (C=O) groups excluding carboxylic acids is 1. The molecule has 0 bridgehead atoms. The molecule has 0 amide bonds. The molecule has 1 saturated heterocycles. The molecular formula is C14H16O4. The van der Waals surface area contributed by atoms with Gasteiger partial charge in [-0.15, -0.1) is 0 Å². The molecular weight excluding hydrogens is 232 g/mol. The largest absolute Gasteiger partial charge is 0.490 e. The highest BCUT2D eigenvalue weighted by Gasteiger charge is 2.24. The van der Waals surface area contributed by atoms with Gasteiger partial charge in [0.15, 0.2) is 12.1 Å². The fraction of sp³-hybridized carbons (Fsp3) is 0.500. The van der Waals surface area contributed by atoms with Crippen LogP contribution in [-0.4, -0.2) is 31.4 Å². The molecule has 1 aromatic rings. The first kappa shape index (κ1) is 11.7. The summed E-state index contributed by atoms with van der Waals surface area (Å²) in [5, 5.41) is 0. The molecule has 4 nitrogen and oxygen atoms in total. The topological polar surface area (TPSA) is 44.8 Å². The van der Waals surface area contributed by atoms with Crippen molar-refractivity contribution in [2.45, 2.75) is 31.7 Å². The minimum absolute atomic E-state index is 0.0307. The summed E-state index contributed by atoms with van der Waals surface area (Å²) in [6, 6.07) is 7.34. The minimum atomic E-state index is -0.384. The summed E-state index contributed by atoms with van der Waals surface area (Å²) in [4.78, 5) is 12.0. The first-order valence-corrected chi connectivity index (χ1v) is 6.34. The van der Waals surface area contributed by atoms with Gasteiger partial charge in [-0.05, 0) is 25.0 Å². The number of Topliss-reactive ketones (excluding diaryl/α,β-unsaturated/α-hetero) is 1. The molecule has 0 unspecified atom stereocenters. The summed E-state index contributed by atoms with van der Waals surface area (Å²) in [5.41, 5.74) is 0.659. The van der Waals surface area contributed by atoms with Gasteiger partial charge in [-0.3, -0.25) is 4.79 Å².